The van der Waals surface area contributed by atoms with Crippen LogP contribution in [0.15, 0.2) is 33.9 Å². The molecule has 0 atom stereocenters. The Kier molecular flexibility index (Phi) is 4.40. The third kappa shape index (κ3) is 3.99. The number of nitrogens with zero attached hydrogens (tertiary/aromatic N) is 2. The SMILES string of the molecule is Cc1nnc(SCCOc2ccc(C(=O)O)cc2)o1. The predicted molar refractivity (Wildman–Crippen MR) is 68.7 cm³/mol. The van der Waals surface area contributed by atoms with E-state index in [2.05, 4.69) is 10.2 Å². The highest BCUT2D eigenvalue weighted by Gasteiger charge is 2.04. The van der Waals surface area contributed by atoms with Gasteiger partial charge in [-0.05, 0) is 24.3 Å². The summed E-state index contributed by atoms with van der Waals surface area (Å²) < 4.78 is 10.7. The van der Waals surface area contributed by atoms with Crippen LogP contribution in [0.1, 0.15) is 16.2 Å². The van der Waals surface area contributed by atoms with E-state index >= 15 is 0 Å². The highest BCUT2D eigenvalue weighted by atomic mass is 32.2. The molecule has 2 rings (SSSR count). The number of rotatable bonds is 6. The van der Waals surface area contributed by atoms with E-state index in [0.29, 0.717) is 29.2 Å². The number of benzene rings is 1. The molecule has 0 amide bonds. The summed E-state index contributed by atoms with van der Waals surface area (Å²) in [6, 6.07) is 6.27. The van der Waals surface area contributed by atoms with Crippen molar-refractivity contribution in [3.8, 4) is 5.75 Å². The molecular formula is C12H12N2O4S. The average Bonchev–Trinajstić information content (AvgIpc) is 2.81. The lowest BCUT2D eigenvalue weighted by Crippen LogP contribution is -2.01. The van der Waals surface area contributed by atoms with Crippen LogP contribution >= 0.6 is 11.8 Å². The van der Waals surface area contributed by atoms with Crippen molar-refractivity contribution in [3.05, 3.63) is 35.7 Å². The maximum absolute atomic E-state index is 10.7. The van der Waals surface area contributed by atoms with Gasteiger partial charge in [0, 0.05) is 12.7 Å². The molecule has 0 saturated carbocycles. The van der Waals surface area contributed by atoms with Crippen molar-refractivity contribution in [2.75, 3.05) is 12.4 Å². The molecule has 7 heteroatoms. The van der Waals surface area contributed by atoms with Gasteiger partial charge in [-0.25, -0.2) is 4.79 Å². The maximum Gasteiger partial charge on any atom is 0.335 e. The van der Waals surface area contributed by atoms with Crippen molar-refractivity contribution < 1.29 is 19.1 Å². The van der Waals surface area contributed by atoms with Crippen LogP contribution in [0.25, 0.3) is 0 Å². The number of thioether (sulfide) groups is 1. The van der Waals surface area contributed by atoms with Crippen molar-refractivity contribution in [2.24, 2.45) is 0 Å². The lowest BCUT2D eigenvalue weighted by Gasteiger charge is -2.04. The zero-order valence-electron chi connectivity index (χ0n) is 10.2. The molecule has 1 aromatic heterocycles. The summed E-state index contributed by atoms with van der Waals surface area (Å²) in [5.41, 5.74) is 0.239. The van der Waals surface area contributed by atoms with Gasteiger partial charge in [0.15, 0.2) is 0 Å². The van der Waals surface area contributed by atoms with E-state index in [-0.39, 0.29) is 5.56 Å². The summed E-state index contributed by atoms with van der Waals surface area (Å²) in [5.74, 6) is 0.885. The van der Waals surface area contributed by atoms with Gasteiger partial charge in [0.05, 0.1) is 12.2 Å². The molecule has 0 aliphatic rings. The lowest BCUT2D eigenvalue weighted by atomic mass is 10.2. The van der Waals surface area contributed by atoms with Crippen LogP contribution in [0.4, 0.5) is 0 Å². The minimum atomic E-state index is -0.950. The van der Waals surface area contributed by atoms with E-state index in [1.54, 1.807) is 19.1 Å². The van der Waals surface area contributed by atoms with Crippen molar-refractivity contribution in [3.63, 3.8) is 0 Å². The zero-order chi connectivity index (χ0) is 13.7. The minimum Gasteiger partial charge on any atom is -0.493 e. The van der Waals surface area contributed by atoms with Gasteiger partial charge < -0.3 is 14.3 Å². The summed E-state index contributed by atoms with van der Waals surface area (Å²) in [6.45, 7) is 2.20. The second-order valence-electron chi connectivity index (χ2n) is 3.61. The molecule has 0 aliphatic carbocycles. The average molecular weight is 280 g/mol. The second-order valence-corrected chi connectivity index (χ2v) is 4.66. The Bertz CT molecular complexity index is 553. The van der Waals surface area contributed by atoms with Crippen LogP contribution in [0.3, 0.4) is 0 Å². The van der Waals surface area contributed by atoms with Crippen LogP contribution in [-0.4, -0.2) is 33.6 Å². The Labute approximate surface area is 113 Å². The fourth-order valence-electron chi connectivity index (χ4n) is 1.32. The van der Waals surface area contributed by atoms with E-state index in [0.717, 1.165) is 0 Å². The van der Waals surface area contributed by atoms with E-state index < -0.39 is 5.97 Å². The quantitative estimate of drug-likeness (QED) is 0.641. The predicted octanol–water partition coefficient (Wildman–Crippen LogP) is 2.25. The second kappa shape index (κ2) is 6.24. The first-order valence-electron chi connectivity index (χ1n) is 5.54. The number of hydrogen-bond donors (Lipinski definition) is 1. The fraction of sp³-hybridized carbons (Fsp3) is 0.250. The maximum atomic E-state index is 10.7. The zero-order valence-corrected chi connectivity index (χ0v) is 11.0. The highest BCUT2D eigenvalue weighted by molar-refractivity contribution is 7.99. The summed E-state index contributed by atoms with van der Waals surface area (Å²) in [7, 11) is 0. The summed E-state index contributed by atoms with van der Waals surface area (Å²) in [5, 5.41) is 16.8. The van der Waals surface area contributed by atoms with E-state index in [4.69, 9.17) is 14.3 Å². The van der Waals surface area contributed by atoms with Crippen LogP contribution < -0.4 is 4.74 Å². The third-order valence-corrected chi connectivity index (χ3v) is 2.97. The number of hydrogen-bond acceptors (Lipinski definition) is 6. The van der Waals surface area contributed by atoms with Gasteiger partial charge in [-0.3, -0.25) is 0 Å². The Morgan fingerprint density at radius 3 is 2.68 bits per heavy atom. The summed E-state index contributed by atoms with van der Waals surface area (Å²) in [4.78, 5) is 10.7. The number of carbonyl (C=O) groups is 1. The number of carboxylic acids is 1. The highest BCUT2D eigenvalue weighted by Crippen LogP contribution is 2.17. The molecular weight excluding hydrogens is 268 g/mol. The molecule has 1 aromatic carbocycles. The van der Waals surface area contributed by atoms with Crippen molar-refractivity contribution >= 4 is 17.7 Å². The number of carboxylic acid groups (broad SMARTS) is 1. The van der Waals surface area contributed by atoms with E-state index in [1.165, 1.54) is 23.9 Å². The molecule has 0 spiro atoms. The molecule has 0 fully saturated rings. The van der Waals surface area contributed by atoms with Gasteiger partial charge in [0.2, 0.25) is 5.89 Å². The monoisotopic (exact) mass is 280 g/mol. The Balaban J connectivity index is 1.75. The van der Waals surface area contributed by atoms with Crippen molar-refractivity contribution in [1.29, 1.82) is 0 Å². The molecule has 0 radical (unpaired) electrons. The first kappa shape index (κ1) is 13.4. The van der Waals surface area contributed by atoms with E-state index in [9.17, 15) is 4.79 Å². The van der Waals surface area contributed by atoms with Crippen LogP contribution in [-0.2, 0) is 0 Å². The van der Waals surface area contributed by atoms with Gasteiger partial charge in [-0.1, -0.05) is 11.8 Å². The number of ether oxygens (including phenoxy) is 1. The molecule has 100 valence electrons. The molecule has 0 unspecified atom stereocenters. The van der Waals surface area contributed by atoms with Gasteiger partial charge in [-0.2, -0.15) is 0 Å². The van der Waals surface area contributed by atoms with Gasteiger partial charge >= 0.3 is 5.97 Å². The van der Waals surface area contributed by atoms with Crippen molar-refractivity contribution in [1.82, 2.24) is 10.2 Å². The summed E-state index contributed by atoms with van der Waals surface area (Å²) >= 11 is 1.41. The number of aromatic carboxylic acids is 1. The molecule has 2 aromatic rings. The van der Waals surface area contributed by atoms with Crippen LogP contribution in [0.2, 0.25) is 0 Å². The lowest BCUT2D eigenvalue weighted by molar-refractivity contribution is 0.0697. The molecule has 6 nitrogen and oxygen atoms in total. The molecule has 0 bridgehead atoms. The Morgan fingerprint density at radius 1 is 1.37 bits per heavy atom. The molecule has 19 heavy (non-hydrogen) atoms. The largest absolute Gasteiger partial charge is 0.493 e. The fourth-order valence-corrected chi connectivity index (χ4v) is 1.94. The standard InChI is InChI=1S/C12H12N2O4S/c1-8-13-14-12(18-8)19-7-6-17-10-4-2-9(3-5-10)11(15)16/h2-5H,6-7H2,1H3,(H,15,16). The molecule has 0 saturated heterocycles. The molecule has 1 N–H and O–H groups in total. The first-order chi connectivity index (χ1) is 9.15. The molecule has 0 aliphatic heterocycles. The van der Waals surface area contributed by atoms with Crippen LogP contribution in [0.5, 0.6) is 5.75 Å². The Morgan fingerprint density at radius 2 is 2.11 bits per heavy atom. The number of aromatic nitrogens is 2. The first-order valence-corrected chi connectivity index (χ1v) is 6.53. The van der Waals surface area contributed by atoms with Crippen LogP contribution in [0, 0.1) is 6.92 Å². The van der Waals surface area contributed by atoms with Crippen molar-refractivity contribution in [2.45, 2.75) is 12.1 Å². The molecule has 1 heterocycles. The van der Waals surface area contributed by atoms with Gasteiger partial charge in [0.25, 0.3) is 5.22 Å². The van der Waals surface area contributed by atoms with Gasteiger partial charge in [-0.15, -0.1) is 10.2 Å². The minimum absolute atomic E-state index is 0.239. The normalized spacial score (nSPS) is 10.4. The number of aryl methyl sites for hydroxylation is 1. The third-order valence-electron chi connectivity index (χ3n) is 2.19. The summed E-state index contributed by atoms with van der Waals surface area (Å²) in [6.07, 6.45) is 0. The Hall–Kier alpha value is -2.02. The topological polar surface area (TPSA) is 85.5 Å². The van der Waals surface area contributed by atoms with E-state index in [1.807, 2.05) is 0 Å². The van der Waals surface area contributed by atoms with Gasteiger partial charge in [0.1, 0.15) is 5.75 Å². The smallest absolute Gasteiger partial charge is 0.335 e.